The lowest BCUT2D eigenvalue weighted by Gasteiger charge is -1.91. The minimum Gasteiger partial charge on any atom is -0.481 e. The lowest BCUT2D eigenvalue weighted by molar-refractivity contribution is 0.470. The molecule has 0 aliphatic rings. The second kappa shape index (κ2) is 2.31. The van der Waals surface area contributed by atoms with E-state index in [1.54, 1.807) is 24.5 Å². The number of rotatable bonds is 1. The lowest BCUT2D eigenvalue weighted by atomic mass is 10.5. The highest BCUT2D eigenvalue weighted by Gasteiger charge is 1.82. The Kier molecular flexibility index (Phi) is 1.47. The standard InChI is InChI=1S/C6H5NO/c1-8-6-3-2-4-7-5-6/h1-5H. The minimum atomic E-state index is 0.576. The Morgan fingerprint density at radius 2 is 2.50 bits per heavy atom. The van der Waals surface area contributed by atoms with E-state index in [1.165, 1.54) is 0 Å². The van der Waals surface area contributed by atoms with Gasteiger partial charge in [-0.05, 0) is 12.1 Å². The molecule has 0 saturated carbocycles. The smallest absolute Gasteiger partial charge is 0.180 e. The third-order valence-electron chi connectivity index (χ3n) is 0.770. The van der Waals surface area contributed by atoms with Crippen molar-refractivity contribution in [3.63, 3.8) is 0 Å². The molecule has 0 atom stereocenters. The molecule has 0 saturated heterocycles. The number of pyridine rings is 1. The van der Waals surface area contributed by atoms with Crippen LogP contribution in [0.2, 0.25) is 0 Å². The summed E-state index contributed by atoms with van der Waals surface area (Å²) in [5.41, 5.74) is 0. The second-order valence-electron chi connectivity index (χ2n) is 1.31. The van der Waals surface area contributed by atoms with Crippen LogP contribution in [0.5, 0.6) is 5.75 Å². The van der Waals surface area contributed by atoms with Crippen LogP contribution in [-0.4, -0.2) is 4.98 Å². The first-order valence-corrected chi connectivity index (χ1v) is 2.20. The average Bonchev–Trinajstić information content (AvgIpc) is 1.90. The van der Waals surface area contributed by atoms with Crippen LogP contribution < -0.4 is 4.74 Å². The maximum Gasteiger partial charge on any atom is 0.180 e. The van der Waals surface area contributed by atoms with Crippen LogP contribution in [0.1, 0.15) is 0 Å². The molecule has 2 nitrogen and oxygen atoms in total. The van der Waals surface area contributed by atoms with Gasteiger partial charge in [0.15, 0.2) is 7.11 Å². The van der Waals surface area contributed by atoms with Crippen LogP contribution in [0.25, 0.3) is 0 Å². The number of nitrogens with zero attached hydrogens (tertiary/aromatic N) is 1. The Balaban J connectivity index is 2.83. The van der Waals surface area contributed by atoms with E-state index in [9.17, 15) is 0 Å². The van der Waals surface area contributed by atoms with Gasteiger partial charge >= 0.3 is 0 Å². The van der Waals surface area contributed by atoms with Gasteiger partial charge in [0.25, 0.3) is 0 Å². The fraction of sp³-hybridized carbons (Fsp3) is 0. The molecular formula is C6H5NO. The van der Waals surface area contributed by atoms with E-state index < -0.39 is 0 Å². The van der Waals surface area contributed by atoms with Gasteiger partial charge in [-0.1, -0.05) is 0 Å². The summed E-state index contributed by atoms with van der Waals surface area (Å²) in [4.78, 5) is 3.75. The summed E-state index contributed by atoms with van der Waals surface area (Å²) in [6.07, 6.45) is 3.20. The number of aromatic nitrogens is 1. The lowest BCUT2D eigenvalue weighted by Crippen LogP contribution is -1.77. The zero-order chi connectivity index (χ0) is 5.82. The average molecular weight is 107 g/mol. The van der Waals surface area contributed by atoms with Crippen molar-refractivity contribution in [2.75, 3.05) is 0 Å². The Hall–Kier alpha value is -1.05. The van der Waals surface area contributed by atoms with Crippen molar-refractivity contribution < 1.29 is 4.74 Å². The summed E-state index contributed by atoms with van der Waals surface area (Å²) in [5, 5.41) is 0. The van der Waals surface area contributed by atoms with Crippen molar-refractivity contribution in [1.29, 1.82) is 0 Å². The zero-order valence-corrected chi connectivity index (χ0v) is 4.24. The Labute approximate surface area is 48.1 Å². The summed E-state index contributed by atoms with van der Waals surface area (Å²) in [6.45, 7) is 0. The molecule has 40 valence electrons. The first kappa shape index (κ1) is 5.09. The summed E-state index contributed by atoms with van der Waals surface area (Å²) in [7, 11) is 4.81. The molecule has 0 bridgehead atoms. The normalized spacial score (nSPS) is 8.62. The van der Waals surface area contributed by atoms with E-state index in [0.29, 0.717) is 5.75 Å². The molecule has 1 aromatic heterocycles. The third kappa shape index (κ3) is 0.964. The molecule has 0 amide bonds. The third-order valence-corrected chi connectivity index (χ3v) is 0.770. The summed E-state index contributed by atoms with van der Waals surface area (Å²) < 4.78 is 4.35. The van der Waals surface area contributed by atoms with E-state index >= 15 is 0 Å². The van der Waals surface area contributed by atoms with E-state index in [-0.39, 0.29) is 0 Å². The molecular weight excluding hydrogens is 102 g/mol. The molecule has 1 rings (SSSR count). The van der Waals surface area contributed by atoms with Gasteiger partial charge in [-0.2, -0.15) is 0 Å². The molecule has 2 radical (unpaired) electrons. The van der Waals surface area contributed by atoms with Gasteiger partial charge in [0, 0.05) is 6.20 Å². The van der Waals surface area contributed by atoms with Crippen LogP contribution in [-0.2, 0) is 0 Å². The molecule has 0 fully saturated rings. The van der Waals surface area contributed by atoms with Crippen molar-refractivity contribution in [3.05, 3.63) is 31.6 Å². The van der Waals surface area contributed by atoms with Crippen molar-refractivity contribution in [2.45, 2.75) is 0 Å². The number of ether oxygens (including phenoxy) is 1. The summed E-state index contributed by atoms with van der Waals surface area (Å²) in [6, 6.07) is 3.48. The number of hydrogen-bond donors (Lipinski definition) is 0. The van der Waals surface area contributed by atoms with Crippen molar-refractivity contribution >= 4 is 0 Å². The van der Waals surface area contributed by atoms with Gasteiger partial charge in [0.05, 0.1) is 6.20 Å². The number of hydrogen-bond acceptors (Lipinski definition) is 2. The van der Waals surface area contributed by atoms with Gasteiger partial charge in [-0.25, -0.2) is 0 Å². The predicted octanol–water partition coefficient (Wildman–Crippen LogP) is 1.13. The summed E-state index contributed by atoms with van der Waals surface area (Å²) >= 11 is 0. The van der Waals surface area contributed by atoms with Crippen LogP contribution in [0.3, 0.4) is 0 Å². The maximum atomic E-state index is 4.81. The molecule has 1 heterocycles. The SMILES string of the molecule is [CH]Oc1cccnc1. The molecule has 0 N–H and O–H groups in total. The van der Waals surface area contributed by atoms with E-state index in [4.69, 9.17) is 7.11 Å². The molecule has 0 aliphatic carbocycles. The highest BCUT2D eigenvalue weighted by Crippen LogP contribution is 2.03. The first-order valence-electron chi connectivity index (χ1n) is 2.20. The van der Waals surface area contributed by atoms with Crippen LogP contribution in [0.4, 0.5) is 0 Å². The molecule has 0 aliphatic heterocycles. The zero-order valence-electron chi connectivity index (χ0n) is 4.24. The highest BCUT2D eigenvalue weighted by atomic mass is 16.5. The second-order valence-corrected chi connectivity index (χ2v) is 1.31. The van der Waals surface area contributed by atoms with Crippen molar-refractivity contribution in [1.82, 2.24) is 4.98 Å². The molecule has 8 heavy (non-hydrogen) atoms. The Morgan fingerprint density at radius 3 is 2.88 bits per heavy atom. The minimum absolute atomic E-state index is 0.576. The first-order chi connectivity index (χ1) is 3.93. The predicted molar refractivity (Wildman–Crippen MR) is 29.2 cm³/mol. The van der Waals surface area contributed by atoms with Gasteiger partial charge in [0.2, 0.25) is 0 Å². The fourth-order valence-corrected chi connectivity index (χ4v) is 0.417. The molecule has 0 unspecified atom stereocenters. The highest BCUT2D eigenvalue weighted by molar-refractivity contribution is 5.15. The quantitative estimate of drug-likeness (QED) is 0.536. The van der Waals surface area contributed by atoms with Crippen molar-refractivity contribution in [2.24, 2.45) is 0 Å². The van der Waals surface area contributed by atoms with Gasteiger partial charge in [0.1, 0.15) is 5.75 Å². The van der Waals surface area contributed by atoms with Gasteiger partial charge in [-0.3, -0.25) is 4.98 Å². The molecule has 2 heteroatoms. The molecule has 0 spiro atoms. The molecule has 0 aromatic carbocycles. The van der Waals surface area contributed by atoms with Crippen LogP contribution in [0, 0.1) is 7.11 Å². The van der Waals surface area contributed by atoms with Crippen LogP contribution in [0.15, 0.2) is 24.5 Å². The fourth-order valence-electron chi connectivity index (χ4n) is 0.417. The Bertz CT molecular complexity index is 150. The molecule has 1 aromatic rings. The summed E-state index contributed by atoms with van der Waals surface area (Å²) in [5.74, 6) is 0.576. The van der Waals surface area contributed by atoms with Crippen molar-refractivity contribution in [3.8, 4) is 5.75 Å². The van der Waals surface area contributed by atoms with Gasteiger partial charge in [-0.15, -0.1) is 0 Å². The van der Waals surface area contributed by atoms with Gasteiger partial charge < -0.3 is 4.74 Å². The van der Waals surface area contributed by atoms with E-state index in [1.807, 2.05) is 0 Å². The topological polar surface area (TPSA) is 22.1 Å². The maximum absolute atomic E-state index is 4.81. The van der Waals surface area contributed by atoms with Crippen LogP contribution >= 0.6 is 0 Å². The Morgan fingerprint density at radius 1 is 1.62 bits per heavy atom. The van der Waals surface area contributed by atoms with E-state index in [2.05, 4.69) is 9.72 Å². The largest absolute Gasteiger partial charge is 0.481 e. The van der Waals surface area contributed by atoms with E-state index in [0.717, 1.165) is 0 Å². The monoisotopic (exact) mass is 107 g/mol.